The molecule has 3 heterocycles. The number of aliphatic hydroxyl groups excluding tert-OH is 1. The van der Waals surface area contributed by atoms with Crippen molar-refractivity contribution in [1.29, 1.82) is 0 Å². The minimum Gasteiger partial charge on any atom is -0.386 e. The molecule has 4 N–H and O–H groups in total. The Labute approximate surface area is 143 Å². The number of aromatic nitrogens is 4. The number of aryl methyl sites for hydroxylation is 1. The van der Waals surface area contributed by atoms with E-state index in [1.165, 1.54) is 15.5 Å². The van der Waals surface area contributed by atoms with Crippen LogP contribution < -0.4 is 15.9 Å². The van der Waals surface area contributed by atoms with E-state index in [-0.39, 0.29) is 34.6 Å². The number of hydrogen-bond acceptors (Lipinski definition) is 6. The van der Waals surface area contributed by atoms with E-state index in [2.05, 4.69) is 9.97 Å². The number of aromatic amines is 1. The van der Waals surface area contributed by atoms with Crippen LogP contribution >= 0.6 is 11.8 Å². The zero-order valence-electron chi connectivity index (χ0n) is 13.3. The van der Waals surface area contributed by atoms with E-state index in [1.54, 1.807) is 14.0 Å². The van der Waals surface area contributed by atoms with E-state index in [4.69, 9.17) is 10.5 Å². The number of thioether (sulfide) groups is 1. The number of imidazole rings is 1. The Morgan fingerprint density at radius 3 is 2.88 bits per heavy atom. The average molecular weight is 380 g/mol. The fraction of sp³-hybridized carbons (Fsp3) is 0.615. The lowest BCUT2D eigenvalue weighted by Crippen LogP contribution is -2.45. The number of anilines is 1. The SMILES string of the molecule is C[C@H]1OC([n+]2cn(C)c3c(=O)[nH]c(N)nc32)[C@H](O)[C@@H]1CSC(F)(F)F. The van der Waals surface area contributed by atoms with Gasteiger partial charge in [-0.3, -0.25) is 14.3 Å². The Balaban J connectivity index is 1.95. The third kappa shape index (κ3) is 3.33. The van der Waals surface area contributed by atoms with Crippen molar-refractivity contribution < 1.29 is 27.6 Å². The molecule has 0 bridgehead atoms. The number of nitrogens with zero attached hydrogens (tertiary/aromatic N) is 3. The van der Waals surface area contributed by atoms with Crippen molar-refractivity contribution in [3.8, 4) is 0 Å². The topological polar surface area (TPSA) is 110 Å². The van der Waals surface area contributed by atoms with E-state index in [1.807, 2.05) is 0 Å². The number of ether oxygens (including phenoxy) is 1. The summed E-state index contributed by atoms with van der Waals surface area (Å²) in [5, 5.41) is 10.5. The predicted octanol–water partition coefficient (Wildman–Crippen LogP) is 0.279. The Hall–Kier alpha value is -1.79. The second-order valence-electron chi connectivity index (χ2n) is 5.90. The first-order chi connectivity index (χ1) is 11.6. The molecule has 3 rings (SSSR count). The summed E-state index contributed by atoms with van der Waals surface area (Å²) in [4.78, 5) is 18.5. The molecular formula is C13H17F3N5O3S+. The first-order valence-corrected chi connectivity index (χ1v) is 8.37. The fourth-order valence-electron chi connectivity index (χ4n) is 3.00. The highest BCUT2D eigenvalue weighted by atomic mass is 32.2. The maximum atomic E-state index is 12.5. The van der Waals surface area contributed by atoms with Gasteiger partial charge >= 0.3 is 11.2 Å². The highest BCUT2D eigenvalue weighted by molar-refractivity contribution is 8.00. The molecule has 0 aliphatic carbocycles. The van der Waals surface area contributed by atoms with Gasteiger partial charge in [-0.1, -0.05) is 16.7 Å². The molecule has 0 saturated carbocycles. The van der Waals surface area contributed by atoms with Gasteiger partial charge in [0.05, 0.1) is 13.2 Å². The molecule has 1 unspecified atom stereocenters. The number of fused-ring (bicyclic) bond motifs is 1. The second-order valence-corrected chi connectivity index (χ2v) is 6.98. The molecule has 0 amide bonds. The average Bonchev–Trinajstić information content (AvgIpc) is 2.93. The van der Waals surface area contributed by atoms with Crippen LogP contribution in [0.4, 0.5) is 19.1 Å². The molecule has 4 atom stereocenters. The number of alkyl halides is 3. The van der Waals surface area contributed by atoms with Crippen molar-refractivity contribution in [1.82, 2.24) is 14.5 Å². The molecule has 25 heavy (non-hydrogen) atoms. The molecule has 12 heteroatoms. The van der Waals surface area contributed by atoms with Crippen LogP contribution in [0, 0.1) is 5.92 Å². The smallest absolute Gasteiger partial charge is 0.386 e. The maximum absolute atomic E-state index is 12.5. The minimum absolute atomic E-state index is 0.109. The second kappa shape index (κ2) is 6.18. The number of hydrogen-bond donors (Lipinski definition) is 3. The molecule has 2 aromatic heterocycles. The molecule has 8 nitrogen and oxygen atoms in total. The van der Waals surface area contributed by atoms with Gasteiger partial charge < -0.3 is 15.6 Å². The van der Waals surface area contributed by atoms with Crippen molar-refractivity contribution in [2.45, 2.75) is 30.9 Å². The molecule has 1 aliphatic rings. The van der Waals surface area contributed by atoms with Gasteiger partial charge in [0, 0.05) is 11.7 Å². The number of aliphatic hydroxyl groups is 1. The quantitative estimate of drug-likeness (QED) is 0.660. The first kappa shape index (κ1) is 18.0. The number of nitrogen functional groups attached to an aromatic ring is 1. The molecule has 0 spiro atoms. The van der Waals surface area contributed by atoms with Gasteiger partial charge in [-0.05, 0) is 6.92 Å². The summed E-state index contributed by atoms with van der Waals surface area (Å²) in [6, 6.07) is 0. The van der Waals surface area contributed by atoms with E-state index >= 15 is 0 Å². The van der Waals surface area contributed by atoms with E-state index in [9.17, 15) is 23.1 Å². The lowest BCUT2D eigenvalue weighted by atomic mass is 10.0. The lowest BCUT2D eigenvalue weighted by Gasteiger charge is -2.17. The zero-order chi connectivity index (χ0) is 18.5. The Bertz CT molecular complexity index is 852. The Morgan fingerprint density at radius 2 is 2.24 bits per heavy atom. The summed E-state index contributed by atoms with van der Waals surface area (Å²) in [6.07, 6.45) is -1.27. The predicted molar refractivity (Wildman–Crippen MR) is 83.5 cm³/mol. The van der Waals surface area contributed by atoms with E-state index < -0.39 is 35.4 Å². The van der Waals surface area contributed by atoms with Crippen LogP contribution in [0.1, 0.15) is 13.2 Å². The number of rotatable bonds is 3. The summed E-state index contributed by atoms with van der Waals surface area (Å²) in [5.74, 6) is -1.16. The van der Waals surface area contributed by atoms with Gasteiger partial charge in [0.2, 0.25) is 11.7 Å². The summed E-state index contributed by atoms with van der Waals surface area (Å²) in [7, 11) is 1.60. The highest BCUT2D eigenvalue weighted by Gasteiger charge is 2.47. The third-order valence-electron chi connectivity index (χ3n) is 4.19. The summed E-state index contributed by atoms with van der Waals surface area (Å²) in [6.45, 7) is 1.60. The fourth-order valence-corrected chi connectivity index (χ4v) is 3.85. The minimum atomic E-state index is -4.38. The standard InChI is InChI=1S/C13H16F3N5O3S/c1-5-6(3-25-13(14,15)16)8(22)11(24-5)21-4-20(2)7-9(21)18-12(17)19-10(7)23/h4-6,8,11,22H,3H2,1-2H3,(H2-,17,18,19,23)/p+1/t5-,6-,8-,11?/m1/s1. The van der Waals surface area contributed by atoms with Crippen LogP contribution in [0.25, 0.3) is 11.2 Å². The molecule has 1 saturated heterocycles. The molecule has 2 aromatic rings. The summed E-state index contributed by atoms with van der Waals surface area (Å²) >= 11 is -0.196. The summed E-state index contributed by atoms with van der Waals surface area (Å²) < 4.78 is 45.9. The number of H-pyrrole nitrogens is 1. The maximum Gasteiger partial charge on any atom is 0.441 e. The van der Waals surface area contributed by atoms with Gasteiger partial charge in [0.1, 0.15) is 6.10 Å². The van der Waals surface area contributed by atoms with Crippen LogP contribution in [-0.2, 0) is 11.8 Å². The summed E-state index contributed by atoms with van der Waals surface area (Å²) in [5.41, 5.74) is 1.12. The van der Waals surface area contributed by atoms with Crippen LogP contribution in [0.2, 0.25) is 0 Å². The van der Waals surface area contributed by atoms with E-state index in [0.29, 0.717) is 0 Å². The zero-order valence-corrected chi connectivity index (χ0v) is 14.1. The molecule has 1 fully saturated rings. The van der Waals surface area contributed by atoms with Crippen molar-refractivity contribution >= 4 is 28.9 Å². The van der Waals surface area contributed by atoms with Gasteiger partial charge in [0.15, 0.2) is 6.33 Å². The van der Waals surface area contributed by atoms with Gasteiger partial charge in [-0.15, -0.1) is 0 Å². The van der Waals surface area contributed by atoms with Gasteiger partial charge in [0.25, 0.3) is 11.5 Å². The van der Waals surface area contributed by atoms with Crippen molar-refractivity contribution in [2.75, 3.05) is 11.5 Å². The normalized spacial score (nSPS) is 27.3. The van der Waals surface area contributed by atoms with Crippen LogP contribution in [-0.4, -0.2) is 43.1 Å². The van der Waals surface area contributed by atoms with Crippen LogP contribution in [0.3, 0.4) is 0 Å². The highest BCUT2D eigenvalue weighted by Crippen LogP contribution is 2.38. The molecule has 0 aromatic carbocycles. The molecule has 0 radical (unpaired) electrons. The van der Waals surface area contributed by atoms with Crippen LogP contribution in [0.5, 0.6) is 0 Å². The van der Waals surface area contributed by atoms with Gasteiger partial charge in [-0.2, -0.15) is 13.2 Å². The van der Waals surface area contributed by atoms with Crippen molar-refractivity contribution in [3.63, 3.8) is 0 Å². The van der Waals surface area contributed by atoms with Gasteiger partial charge in [-0.25, -0.2) is 4.57 Å². The Morgan fingerprint density at radius 1 is 1.56 bits per heavy atom. The molecular weight excluding hydrogens is 363 g/mol. The molecule has 1 aliphatic heterocycles. The van der Waals surface area contributed by atoms with Crippen LogP contribution in [0.15, 0.2) is 11.1 Å². The van der Waals surface area contributed by atoms with Crippen molar-refractivity contribution in [2.24, 2.45) is 13.0 Å². The number of nitrogens with one attached hydrogen (secondary N) is 1. The molecule has 138 valence electrons. The largest absolute Gasteiger partial charge is 0.441 e. The number of halogens is 3. The number of nitrogens with two attached hydrogens (primary N) is 1. The lowest BCUT2D eigenvalue weighted by molar-refractivity contribution is -0.745. The van der Waals surface area contributed by atoms with E-state index in [0.717, 1.165) is 0 Å². The first-order valence-electron chi connectivity index (χ1n) is 7.38. The third-order valence-corrected chi connectivity index (χ3v) is 5.07. The Kier molecular flexibility index (Phi) is 4.45. The van der Waals surface area contributed by atoms with Crippen molar-refractivity contribution in [3.05, 3.63) is 16.7 Å². The monoisotopic (exact) mass is 380 g/mol.